The molecule has 2 rings (SSSR count). The van der Waals surface area contributed by atoms with Gasteiger partial charge in [0.2, 0.25) is 10.0 Å². The minimum Gasteiger partial charge on any atom is -0.242 e. The van der Waals surface area contributed by atoms with Crippen LogP contribution >= 0.6 is 23.2 Å². The smallest absolute Gasteiger partial charge is 0.242 e. The lowest BCUT2D eigenvalue weighted by Gasteiger charge is -2.23. The molecule has 1 aromatic heterocycles. The van der Waals surface area contributed by atoms with E-state index in [4.69, 9.17) is 23.2 Å². The fraction of sp³-hybridized carbons (Fsp3) is 0.583. The van der Waals surface area contributed by atoms with Gasteiger partial charge in [-0.1, -0.05) is 43.0 Å². The number of aromatic nitrogens is 1. The van der Waals surface area contributed by atoms with Crippen LogP contribution in [0.1, 0.15) is 32.6 Å². The van der Waals surface area contributed by atoms with Crippen LogP contribution in [-0.4, -0.2) is 19.9 Å². The van der Waals surface area contributed by atoms with Crippen molar-refractivity contribution < 1.29 is 8.42 Å². The predicted molar refractivity (Wildman–Crippen MR) is 76.0 cm³/mol. The quantitative estimate of drug-likeness (QED) is 0.865. The fourth-order valence-electron chi connectivity index (χ4n) is 2.31. The van der Waals surface area contributed by atoms with Gasteiger partial charge in [0.05, 0.1) is 5.02 Å². The molecular weight excluding hydrogens is 307 g/mol. The first-order chi connectivity index (χ1) is 8.82. The lowest BCUT2D eigenvalue weighted by atomic mass is 9.89. The molecule has 0 bridgehead atoms. The first kappa shape index (κ1) is 15.0. The predicted octanol–water partition coefficient (Wildman–Crippen LogP) is 3.25. The van der Waals surface area contributed by atoms with Crippen molar-refractivity contribution in [1.82, 2.24) is 9.71 Å². The Morgan fingerprint density at radius 2 is 2.00 bits per heavy atom. The van der Waals surface area contributed by atoms with Crippen molar-refractivity contribution in [3.63, 3.8) is 0 Å². The van der Waals surface area contributed by atoms with Crippen LogP contribution in [0.5, 0.6) is 0 Å². The van der Waals surface area contributed by atoms with Gasteiger partial charge in [-0.25, -0.2) is 18.1 Å². The molecule has 7 heteroatoms. The minimum absolute atomic E-state index is 0.0449. The zero-order chi connectivity index (χ0) is 14.1. The summed E-state index contributed by atoms with van der Waals surface area (Å²) in [5.74, 6) is 0. The molecule has 1 saturated carbocycles. The molecule has 1 aromatic rings. The van der Waals surface area contributed by atoms with Gasteiger partial charge in [-0.05, 0) is 24.3 Å². The third-order valence-corrected chi connectivity index (χ3v) is 5.64. The maximum atomic E-state index is 12.1. The van der Waals surface area contributed by atoms with Crippen molar-refractivity contribution in [2.75, 3.05) is 6.54 Å². The molecule has 4 nitrogen and oxygen atoms in total. The second kappa shape index (κ2) is 5.56. The Labute approximate surface area is 123 Å². The van der Waals surface area contributed by atoms with Gasteiger partial charge in [0, 0.05) is 12.7 Å². The maximum Gasteiger partial charge on any atom is 0.242 e. The van der Waals surface area contributed by atoms with Crippen LogP contribution in [0.25, 0.3) is 0 Å². The van der Waals surface area contributed by atoms with Crippen LogP contribution in [0.15, 0.2) is 17.2 Å². The van der Waals surface area contributed by atoms with Crippen molar-refractivity contribution in [2.24, 2.45) is 5.41 Å². The number of hydrogen-bond donors (Lipinski definition) is 1. The Morgan fingerprint density at radius 3 is 2.58 bits per heavy atom. The Balaban J connectivity index is 2.11. The van der Waals surface area contributed by atoms with Crippen LogP contribution < -0.4 is 4.72 Å². The topological polar surface area (TPSA) is 59.1 Å². The summed E-state index contributed by atoms with van der Waals surface area (Å²) >= 11 is 11.5. The van der Waals surface area contributed by atoms with E-state index in [1.165, 1.54) is 12.3 Å². The summed E-state index contributed by atoms with van der Waals surface area (Å²) in [5.41, 5.74) is 0.0523. The van der Waals surface area contributed by atoms with Gasteiger partial charge in [-0.2, -0.15) is 0 Å². The monoisotopic (exact) mass is 322 g/mol. The number of sulfonamides is 1. The highest BCUT2D eigenvalue weighted by Gasteiger charge is 2.30. The standard InChI is InChI=1S/C12H16Cl2N2O2S/c1-12(4-2-3-5-12)8-16-19(17,18)9-6-10(13)11(14)15-7-9/h6-7,16H,2-5,8H2,1H3. The third-order valence-electron chi connectivity index (χ3n) is 3.58. The largest absolute Gasteiger partial charge is 0.242 e. The molecule has 0 saturated heterocycles. The van der Waals surface area contributed by atoms with Crippen molar-refractivity contribution in [2.45, 2.75) is 37.5 Å². The summed E-state index contributed by atoms with van der Waals surface area (Å²) in [4.78, 5) is 3.80. The van der Waals surface area contributed by atoms with Gasteiger partial charge in [0.15, 0.2) is 0 Å². The van der Waals surface area contributed by atoms with E-state index >= 15 is 0 Å². The van der Waals surface area contributed by atoms with Gasteiger partial charge < -0.3 is 0 Å². The third kappa shape index (κ3) is 3.60. The zero-order valence-corrected chi connectivity index (χ0v) is 12.9. The van der Waals surface area contributed by atoms with Crippen molar-refractivity contribution in [1.29, 1.82) is 0 Å². The minimum atomic E-state index is -3.58. The van der Waals surface area contributed by atoms with E-state index in [-0.39, 0.29) is 20.5 Å². The number of nitrogens with one attached hydrogen (secondary N) is 1. The van der Waals surface area contributed by atoms with E-state index in [2.05, 4.69) is 16.6 Å². The second-order valence-corrected chi connectivity index (χ2v) is 7.82. The van der Waals surface area contributed by atoms with Gasteiger partial charge in [-0.3, -0.25) is 0 Å². The molecule has 0 radical (unpaired) electrons. The maximum absolute atomic E-state index is 12.1. The molecule has 1 fully saturated rings. The Kier molecular flexibility index (Phi) is 4.40. The van der Waals surface area contributed by atoms with E-state index in [1.807, 2.05) is 0 Å². The SMILES string of the molecule is CC1(CNS(=O)(=O)c2cnc(Cl)c(Cl)c2)CCCC1. The summed E-state index contributed by atoms with van der Waals surface area (Å²) < 4.78 is 26.9. The van der Waals surface area contributed by atoms with E-state index in [0.29, 0.717) is 6.54 Å². The molecule has 0 aromatic carbocycles. The molecule has 0 unspecified atom stereocenters. The van der Waals surface area contributed by atoms with Crippen molar-refractivity contribution >= 4 is 33.2 Å². The molecular formula is C12H16Cl2N2O2S. The molecule has 0 amide bonds. The average Bonchev–Trinajstić information content (AvgIpc) is 2.78. The molecule has 0 atom stereocenters. The molecule has 106 valence electrons. The molecule has 0 spiro atoms. The highest BCUT2D eigenvalue weighted by atomic mass is 35.5. The molecule has 0 aliphatic heterocycles. The fourth-order valence-corrected chi connectivity index (χ4v) is 3.81. The molecule has 1 aliphatic carbocycles. The van der Waals surface area contributed by atoms with Gasteiger partial charge in [0.1, 0.15) is 10.0 Å². The van der Waals surface area contributed by atoms with Crippen LogP contribution in [0.4, 0.5) is 0 Å². The van der Waals surface area contributed by atoms with Crippen LogP contribution in [0, 0.1) is 5.41 Å². The Hall–Kier alpha value is -0.360. The van der Waals surface area contributed by atoms with Crippen LogP contribution in [-0.2, 0) is 10.0 Å². The highest BCUT2D eigenvalue weighted by molar-refractivity contribution is 7.89. The average molecular weight is 323 g/mol. The van der Waals surface area contributed by atoms with E-state index in [0.717, 1.165) is 25.7 Å². The Morgan fingerprint density at radius 1 is 1.37 bits per heavy atom. The van der Waals surface area contributed by atoms with E-state index in [9.17, 15) is 8.42 Å². The van der Waals surface area contributed by atoms with Crippen LogP contribution in [0.3, 0.4) is 0 Å². The van der Waals surface area contributed by atoms with E-state index in [1.54, 1.807) is 0 Å². The van der Waals surface area contributed by atoms with Crippen LogP contribution in [0.2, 0.25) is 10.2 Å². The lowest BCUT2D eigenvalue weighted by Crippen LogP contribution is -2.34. The zero-order valence-electron chi connectivity index (χ0n) is 10.6. The first-order valence-corrected chi connectivity index (χ1v) is 8.37. The van der Waals surface area contributed by atoms with Gasteiger partial charge in [-0.15, -0.1) is 0 Å². The lowest BCUT2D eigenvalue weighted by molar-refractivity contribution is 0.336. The first-order valence-electron chi connectivity index (χ1n) is 6.13. The summed E-state index contributed by atoms with van der Waals surface area (Å²) in [7, 11) is -3.58. The highest BCUT2D eigenvalue weighted by Crippen LogP contribution is 2.37. The Bertz CT molecular complexity index is 569. The number of hydrogen-bond acceptors (Lipinski definition) is 3. The summed E-state index contributed by atoms with van der Waals surface area (Å²) in [6.45, 7) is 2.55. The molecule has 19 heavy (non-hydrogen) atoms. The van der Waals surface area contributed by atoms with Crippen molar-refractivity contribution in [3.05, 3.63) is 22.4 Å². The van der Waals surface area contributed by atoms with E-state index < -0.39 is 10.0 Å². The molecule has 1 N–H and O–H groups in total. The normalized spacial score (nSPS) is 18.7. The molecule has 1 heterocycles. The van der Waals surface area contributed by atoms with Gasteiger partial charge >= 0.3 is 0 Å². The van der Waals surface area contributed by atoms with Crippen molar-refractivity contribution in [3.8, 4) is 0 Å². The number of halogens is 2. The number of nitrogens with zero attached hydrogens (tertiary/aromatic N) is 1. The summed E-state index contributed by atoms with van der Waals surface area (Å²) in [5, 5.41) is 0.236. The second-order valence-electron chi connectivity index (χ2n) is 5.29. The summed E-state index contributed by atoms with van der Waals surface area (Å²) in [6.07, 6.45) is 5.64. The van der Waals surface area contributed by atoms with Gasteiger partial charge in [0.25, 0.3) is 0 Å². The molecule has 1 aliphatic rings. The number of rotatable bonds is 4. The summed E-state index contributed by atoms with van der Waals surface area (Å²) in [6, 6.07) is 1.32. The number of pyridine rings is 1.